The fourth-order valence-corrected chi connectivity index (χ4v) is 3.24. The van der Waals surface area contributed by atoms with E-state index < -0.39 is 5.97 Å². The average Bonchev–Trinajstić information content (AvgIpc) is 2.57. The lowest BCUT2D eigenvalue weighted by molar-refractivity contribution is 0.0699. The van der Waals surface area contributed by atoms with Gasteiger partial charge in [-0.25, -0.2) is 9.78 Å². The number of aromatic nitrogens is 1. The van der Waals surface area contributed by atoms with E-state index in [1.165, 1.54) is 0 Å². The van der Waals surface area contributed by atoms with Crippen LogP contribution in [0.2, 0.25) is 0 Å². The third-order valence-electron chi connectivity index (χ3n) is 4.38. The maximum atomic E-state index is 11.8. The molecule has 0 unspecified atom stereocenters. The summed E-state index contributed by atoms with van der Waals surface area (Å²) in [6.45, 7) is 9.94. The minimum absolute atomic E-state index is 0.0957. The van der Waals surface area contributed by atoms with Gasteiger partial charge in [0.05, 0.1) is 22.9 Å². The molecular weight excluding hydrogens is 326 g/mol. The molecule has 0 spiro atoms. The Balaban J connectivity index is 2.23. The van der Waals surface area contributed by atoms with Crippen molar-refractivity contribution in [2.45, 2.75) is 40.7 Å². The molecule has 0 atom stereocenters. The third-order valence-corrected chi connectivity index (χ3v) is 4.38. The molecule has 134 valence electrons. The number of carbonyl (C=O) groups is 1. The van der Waals surface area contributed by atoms with Gasteiger partial charge in [0.2, 0.25) is 0 Å². The number of carboxylic acids is 1. The number of rotatable bonds is 4. The lowest BCUT2D eigenvalue weighted by Gasteiger charge is -2.17. The number of hydrogen-bond acceptors (Lipinski definition) is 3. The number of pyridine rings is 1. The zero-order chi connectivity index (χ0) is 19.0. The quantitative estimate of drug-likeness (QED) is 0.693. The van der Waals surface area contributed by atoms with Gasteiger partial charge in [-0.15, -0.1) is 0 Å². The summed E-state index contributed by atoms with van der Waals surface area (Å²) in [6, 6.07) is 11.3. The summed E-state index contributed by atoms with van der Waals surface area (Å²) in [5.41, 5.74) is 5.52. The first kappa shape index (κ1) is 17.9. The topological polar surface area (TPSA) is 59.4 Å². The number of benzene rings is 2. The molecule has 26 heavy (non-hydrogen) atoms. The van der Waals surface area contributed by atoms with Crippen molar-refractivity contribution in [2.75, 3.05) is 0 Å². The highest BCUT2D eigenvalue weighted by atomic mass is 16.5. The van der Waals surface area contributed by atoms with Crippen molar-refractivity contribution in [3.63, 3.8) is 0 Å². The van der Waals surface area contributed by atoms with Gasteiger partial charge in [0.15, 0.2) is 0 Å². The molecule has 1 heterocycles. The van der Waals surface area contributed by atoms with Gasteiger partial charge in [0.25, 0.3) is 0 Å². The first-order chi connectivity index (χ1) is 12.3. The van der Waals surface area contributed by atoms with E-state index in [0.717, 1.165) is 33.5 Å². The Labute approximate surface area is 153 Å². The highest BCUT2D eigenvalue weighted by Crippen LogP contribution is 2.32. The van der Waals surface area contributed by atoms with Gasteiger partial charge in [0.1, 0.15) is 5.75 Å². The Morgan fingerprint density at radius 3 is 2.27 bits per heavy atom. The molecule has 0 saturated heterocycles. The first-order valence-corrected chi connectivity index (χ1v) is 8.70. The average molecular weight is 349 g/mol. The minimum atomic E-state index is -0.947. The predicted molar refractivity (Wildman–Crippen MR) is 104 cm³/mol. The molecule has 0 aliphatic rings. The van der Waals surface area contributed by atoms with E-state index in [4.69, 9.17) is 9.72 Å². The number of aryl methyl sites for hydroxylation is 3. The summed E-state index contributed by atoms with van der Waals surface area (Å²) >= 11 is 0. The van der Waals surface area contributed by atoms with E-state index in [1.807, 2.05) is 58.9 Å². The number of nitrogens with zero attached hydrogens (tertiary/aromatic N) is 1. The molecule has 0 saturated carbocycles. The number of aromatic carboxylic acids is 1. The largest absolute Gasteiger partial charge is 0.490 e. The van der Waals surface area contributed by atoms with Crippen LogP contribution in [0.4, 0.5) is 0 Å². The molecule has 4 nitrogen and oxygen atoms in total. The first-order valence-electron chi connectivity index (χ1n) is 8.70. The van der Waals surface area contributed by atoms with Crippen molar-refractivity contribution in [1.82, 2.24) is 4.98 Å². The SMILES string of the molecule is Cc1cc(-c2cc(C(=O)O)c3cccc(C)c3n2)cc(C)c1OC(C)C. The van der Waals surface area contributed by atoms with Crippen molar-refractivity contribution < 1.29 is 14.6 Å². The van der Waals surface area contributed by atoms with Gasteiger partial charge in [-0.1, -0.05) is 18.2 Å². The Bertz CT molecular complexity index is 983. The molecule has 0 bridgehead atoms. The molecule has 0 fully saturated rings. The van der Waals surface area contributed by atoms with Crippen LogP contribution in [-0.2, 0) is 0 Å². The van der Waals surface area contributed by atoms with E-state index in [1.54, 1.807) is 12.1 Å². The highest BCUT2D eigenvalue weighted by Gasteiger charge is 2.16. The van der Waals surface area contributed by atoms with Crippen LogP contribution in [-0.4, -0.2) is 22.2 Å². The molecule has 0 amide bonds. The van der Waals surface area contributed by atoms with Gasteiger partial charge < -0.3 is 9.84 Å². The standard InChI is InChI=1S/C22H23NO3/c1-12(2)26-21-14(4)9-16(10-15(21)5)19-11-18(22(24)25)17-8-6-7-13(3)20(17)23-19/h6-12H,1-5H3,(H,24,25). The van der Waals surface area contributed by atoms with E-state index in [9.17, 15) is 9.90 Å². The van der Waals surface area contributed by atoms with E-state index >= 15 is 0 Å². The summed E-state index contributed by atoms with van der Waals surface area (Å²) in [5, 5.41) is 10.3. The Morgan fingerprint density at radius 1 is 1.04 bits per heavy atom. The lowest BCUT2D eigenvalue weighted by atomic mass is 9.99. The zero-order valence-electron chi connectivity index (χ0n) is 15.8. The molecule has 0 aliphatic heterocycles. The molecule has 1 aromatic heterocycles. The van der Waals surface area contributed by atoms with Crippen LogP contribution < -0.4 is 4.74 Å². The second-order valence-electron chi connectivity index (χ2n) is 6.94. The second kappa shape index (κ2) is 6.79. The molecule has 3 aromatic rings. The van der Waals surface area contributed by atoms with Crippen molar-refractivity contribution in [3.05, 3.63) is 58.7 Å². The summed E-state index contributed by atoms with van der Waals surface area (Å²) in [6.07, 6.45) is 0.0957. The third kappa shape index (κ3) is 3.27. The molecule has 1 N–H and O–H groups in total. The molecule has 3 rings (SSSR count). The summed E-state index contributed by atoms with van der Waals surface area (Å²) in [7, 11) is 0. The van der Waals surface area contributed by atoms with Crippen molar-refractivity contribution in [2.24, 2.45) is 0 Å². The maximum absolute atomic E-state index is 11.8. The van der Waals surface area contributed by atoms with Crippen LogP contribution in [0.1, 0.15) is 40.9 Å². The predicted octanol–water partition coefficient (Wildman–Crippen LogP) is 5.31. The van der Waals surface area contributed by atoms with E-state index in [0.29, 0.717) is 11.1 Å². The normalized spacial score (nSPS) is 11.2. The van der Waals surface area contributed by atoms with Crippen molar-refractivity contribution in [3.8, 4) is 17.0 Å². The van der Waals surface area contributed by atoms with E-state index in [2.05, 4.69) is 0 Å². The van der Waals surface area contributed by atoms with Crippen LogP contribution in [0.5, 0.6) is 5.75 Å². The Kier molecular flexibility index (Phi) is 4.68. The number of carboxylic acid groups (broad SMARTS) is 1. The lowest BCUT2D eigenvalue weighted by Crippen LogP contribution is -2.08. The molecule has 0 aliphatic carbocycles. The van der Waals surface area contributed by atoms with Gasteiger partial charge in [0, 0.05) is 10.9 Å². The smallest absolute Gasteiger partial charge is 0.336 e. The summed E-state index contributed by atoms with van der Waals surface area (Å²) in [4.78, 5) is 16.5. The summed E-state index contributed by atoms with van der Waals surface area (Å²) in [5.74, 6) is -0.0726. The molecule has 2 aromatic carbocycles. The van der Waals surface area contributed by atoms with Gasteiger partial charge in [-0.3, -0.25) is 0 Å². The minimum Gasteiger partial charge on any atom is -0.490 e. The molecular formula is C22H23NO3. The molecule has 0 radical (unpaired) electrons. The van der Waals surface area contributed by atoms with Crippen molar-refractivity contribution in [1.29, 1.82) is 0 Å². The van der Waals surface area contributed by atoms with Crippen molar-refractivity contribution >= 4 is 16.9 Å². The number of fused-ring (bicyclic) bond motifs is 1. The number of ether oxygens (including phenoxy) is 1. The van der Waals surface area contributed by atoms with Crippen LogP contribution in [0.25, 0.3) is 22.2 Å². The monoisotopic (exact) mass is 349 g/mol. The fourth-order valence-electron chi connectivity index (χ4n) is 3.24. The van der Waals surface area contributed by atoms with Gasteiger partial charge >= 0.3 is 5.97 Å². The van der Waals surface area contributed by atoms with Gasteiger partial charge in [-0.2, -0.15) is 0 Å². The van der Waals surface area contributed by atoms with Crippen LogP contribution in [0.3, 0.4) is 0 Å². The summed E-state index contributed by atoms with van der Waals surface area (Å²) < 4.78 is 5.90. The second-order valence-corrected chi connectivity index (χ2v) is 6.94. The number of hydrogen-bond donors (Lipinski definition) is 1. The van der Waals surface area contributed by atoms with Gasteiger partial charge in [-0.05, 0) is 69.5 Å². The fraction of sp³-hybridized carbons (Fsp3) is 0.273. The Morgan fingerprint density at radius 2 is 1.69 bits per heavy atom. The Hall–Kier alpha value is -2.88. The zero-order valence-corrected chi connectivity index (χ0v) is 15.8. The van der Waals surface area contributed by atoms with Crippen LogP contribution in [0, 0.1) is 20.8 Å². The van der Waals surface area contributed by atoms with E-state index in [-0.39, 0.29) is 11.7 Å². The number of para-hydroxylation sites is 1. The maximum Gasteiger partial charge on any atom is 0.336 e. The van der Waals surface area contributed by atoms with Crippen LogP contribution >= 0.6 is 0 Å². The highest BCUT2D eigenvalue weighted by molar-refractivity contribution is 6.04. The van der Waals surface area contributed by atoms with Crippen LogP contribution in [0.15, 0.2) is 36.4 Å². The molecule has 4 heteroatoms.